The van der Waals surface area contributed by atoms with E-state index in [4.69, 9.17) is 0 Å². The molecule has 1 aliphatic rings. The maximum atomic E-state index is 13.1. The highest BCUT2D eigenvalue weighted by atomic mass is 19.4. The summed E-state index contributed by atoms with van der Waals surface area (Å²) in [6.07, 6.45) is -1.86. The summed E-state index contributed by atoms with van der Waals surface area (Å²) in [6.45, 7) is 0.237. The van der Waals surface area contributed by atoms with E-state index in [1.165, 1.54) is 6.07 Å². The van der Waals surface area contributed by atoms with Gasteiger partial charge in [0.2, 0.25) is 0 Å². The van der Waals surface area contributed by atoms with Crippen LogP contribution >= 0.6 is 0 Å². The van der Waals surface area contributed by atoms with Gasteiger partial charge in [-0.1, -0.05) is 6.07 Å². The van der Waals surface area contributed by atoms with Crippen LogP contribution in [0.5, 0.6) is 0 Å². The molecule has 1 aromatic rings. The summed E-state index contributed by atoms with van der Waals surface area (Å²) in [5.74, 6) is -1.26. The third-order valence-corrected chi connectivity index (χ3v) is 3.58. The van der Waals surface area contributed by atoms with E-state index in [-0.39, 0.29) is 18.7 Å². The summed E-state index contributed by atoms with van der Waals surface area (Å²) in [7, 11) is 0. The highest BCUT2D eigenvalue weighted by Gasteiger charge is 2.34. The molecular weight excluding hydrogens is 274 g/mol. The Kier molecular flexibility index (Phi) is 4.65. The predicted molar refractivity (Wildman–Crippen MR) is 66.5 cm³/mol. The van der Waals surface area contributed by atoms with Crippen molar-refractivity contribution in [1.29, 1.82) is 0 Å². The zero-order valence-corrected chi connectivity index (χ0v) is 10.9. The predicted octanol–water partition coefficient (Wildman–Crippen LogP) is 3.24. The Morgan fingerprint density at radius 2 is 2.00 bits per heavy atom. The first-order chi connectivity index (χ1) is 9.36. The molecule has 0 spiro atoms. The molecule has 0 amide bonds. The molecule has 1 saturated carbocycles. The van der Waals surface area contributed by atoms with Crippen LogP contribution in [-0.2, 0) is 12.7 Å². The lowest BCUT2D eigenvalue weighted by Crippen LogP contribution is -2.35. The fraction of sp³-hybridized carbons (Fsp3) is 0.571. The van der Waals surface area contributed by atoms with E-state index in [1.807, 2.05) is 0 Å². The molecule has 20 heavy (non-hydrogen) atoms. The van der Waals surface area contributed by atoms with Gasteiger partial charge in [-0.05, 0) is 43.4 Å². The van der Waals surface area contributed by atoms with E-state index in [0.717, 1.165) is 31.4 Å². The number of alkyl halides is 3. The smallest absolute Gasteiger partial charge is 0.393 e. The zero-order valence-electron chi connectivity index (χ0n) is 10.9. The SMILES string of the molecule is OC1CCCC(NCc2ccc(F)c(C(F)(F)F)c2)C1. The van der Waals surface area contributed by atoms with Crippen molar-refractivity contribution < 1.29 is 22.7 Å². The maximum Gasteiger partial charge on any atom is 0.419 e. The molecule has 0 aromatic heterocycles. The second-order valence-electron chi connectivity index (χ2n) is 5.21. The van der Waals surface area contributed by atoms with Gasteiger partial charge in [0.15, 0.2) is 0 Å². The summed E-state index contributed by atoms with van der Waals surface area (Å²) in [5.41, 5.74) is -0.848. The molecule has 0 aliphatic heterocycles. The monoisotopic (exact) mass is 291 g/mol. The largest absolute Gasteiger partial charge is 0.419 e. The van der Waals surface area contributed by atoms with E-state index in [2.05, 4.69) is 5.32 Å². The van der Waals surface area contributed by atoms with Crippen molar-refractivity contribution in [2.24, 2.45) is 0 Å². The molecule has 1 aliphatic carbocycles. The lowest BCUT2D eigenvalue weighted by molar-refractivity contribution is -0.140. The topological polar surface area (TPSA) is 32.3 Å². The van der Waals surface area contributed by atoms with Gasteiger partial charge in [0.1, 0.15) is 5.82 Å². The number of nitrogens with one attached hydrogen (secondary N) is 1. The molecular formula is C14H17F4NO. The molecule has 112 valence electrons. The highest BCUT2D eigenvalue weighted by molar-refractivity contribution is 5.27. The highest BCUT2D eigenvalue weighted by Crippen LogP contribution is 2.32. The minimum Gasteiger partial charge on any atom is -0.393 e. The van der Waals surface area contributed by atoms with Crippen LogP contribution in [0.3, 0.4) is 0 Å². The quantitative estimate of drug-likeness (QED) is 0.838. The number of halogens is 4. The van der Waals surface area contributed by atoms with Crippen LogP contribution in [0.15, 0.2) is 18.2 Å². The van der Waals surface area contributed by atoms with Crippen LogP contribution in [0.25, 0.3) is 0 Å². The van der Waals surface area contributed by atoms with E-state index >= 15 is 0 Å². The second-order valence-corrected chi connectivity index (χ2v) is 5.21. The molecule has 1 fully saturated rings. The van der Waals surface area contributed by atoms with Crippen molar-refractivity contribution in [1.82, 2.24) is 5.32 Å². The second kappa shape index (κ2) is 6.10. The molecule has 2 unspecified atom stereocenters. The van der Waals surface area contributed by atoms with E-state index in [9.17, 15) is 22.7 Å². The standard InChI is InChI=1S/C14H17F4NO/c15-13-5-4-9(6-12(13)14(16,17)18)8-19-10-2-1-3-11(20)7-10/h4-6,10-11,19-20H,1-3,7-8H2. The van der Waals surface area contributed by atoms with Crippen LogP contribution in [0.4, 0.5) is 17.6 Å². The molecule has 2 N–H and O–H groups in total. The van der Waals surface area contributed by atoms with Gasteiger partial charge in [0.25, 0.3) is 0 Å². The number of hydrogen-bond donors (Lipinski definition) is 2. The Balaban J connectivity index is 1.99. The summed E-state index contributed by atoms with van der Waals surface area (Å²) >= 11 is 0. The fourth-order valence-corrected chi connectivity index (χ4v) is 2.51. The van der Waals surface area contributed by atoms with Crippen LogP contribution in [0.1, 0.15) is 36.8 Å². The number of benzene rings is 1. The Labute approximate surface area is 114 Å². The molecule has 6 heteroatoms. The molecule has 0 radical (unpaired) electrons. The van der Waals surface area contributed by atoms with E-state index < -0.39 is 17.6 Å². The maximum absolute atomic E-state index is 13.1. The number of rotatable bonds is 3. The molecule has 0 bridgehead atoms. The summed E-state index contributed by atoms with van der Waals surface area (Å²) in [5, 5.41) is 12.6. The normalized spacial score (nSPS) is 23.9. The van der Waals surface area contributed by atoms with Crippen molar-refractivity contribution in [2.75, 3.05) is 0 Å². The molecule has 0 heterocycles. The Hall–Kier alpha value is -1.14. The van der Waals surface area contributed by atoms with Crippen LogP contribution in [0.2, 0.25) is 0 Å². The van der Waals surface area contributed by atoms with Gasteiger partial charge in [-0.15, -0.1) is 0 Å². The lowest BCUT2D eigenvalue weighted by atomic mass is 9.93. The molecule has 2 rings (SSSR count). The fourth-order valence-electron chi connectivity index (χ4n) is 2.51. The van der Waals surface area contributed by atoms with Crippen LogP contribution in [-0.4, -0.2) is 17.3 Å². The van der Waals surface area contributed by atoms with Gasteiger partial charge in [0, 0.05) is 12.6 Å². The van der Waals surface area contributed by atoms with Crippen molar-refractivity contribution in [3.8, 4) is 0 Å². The third-order valence-electron chi connectivity index (χ3n) is 3.58. The van der Waals surface area contributed by atoms with Gasteiger partial charge >= 0.3 is 6.18 Å². The minimum absolute atomic E-state index is 0.0955. The lowest BCUT2D eigenvalue weighted by Gasteiger charge is -2.26. The summed E-state index contributed by atoms with van der Waals surface area (Å²) < 4.78 is 50.9. The van der Waals surface area contributed by atoms with Crippen molar-refractivity contribution in [3.05, 3.63) is 35.1 Å². The van der Waals surface area contributed by atoms with E-state index in [0.29, 0.717) is 12.0 Å². The first-order valence-corrected chi connectivity index (χ1v) is 6.63. The Morgan fingerprint density at radius 3 is 2.65 bits per heavy atom. The summed E-state index contributed by atoms with van der Waals surface area (Å²) in [4.78, 5) is 0. The van der Waals surface area contributed by atoms with Crippen molar-refractivity contribution in [3.63, 3.8) is 0 Å². The molecule has 1 aromatic carbocycles. The first-order valence-electron chi connectivity index (χ1n) is 6.63. The average molecular weight is 291 g/mol. The van der Waals surface area contributed by atoms with Crippen LogP contribution < -0.4 is 5.32 Å². The van der Waals surface area contributed by atoms with E-state index in [1.54, 1.807) is 0 Å². The number of hydrogen-bond acceptors (Lipinski definition) is 2. The van der Waals surface area contributed by atoms with Gasteiger partial charge in [-0.2, -0.15) is 13.2 Å². The Bertz CT molecular complexity index is 461. The van der Waals surface area contributed by atoms with Gasteiger partial charge in [-0.3, -0.25) is 0 Å². The number of aliphatic hydroxyl groups is 1. The number of aliphatic hydroxyl groups excluding tert-OH is 1. The zero-order chi connectivity index (χ0) is 14.8. The first kappa shape index (κ1) is 15.3. The third kappa shape index (κ3) is 3.93. The molecule has 0 saturated heterocycles. The molecule has 2 nitrogen and oxygen atoms in total. The van der Waals surface area contributed by atoms with Gasteiger partial charge in [0.05, 0.1) is 11.7 Å². The Morgan fingerprint density at radius 1 is 1.25 bits per heavy atom. The van der Waals surface area contributed by atoms with Gasteiger partial charge in [-0.25, -0.2) is 4.39 Å². The van der Waals surface area contributed by atoms with Crippen molar-refractivity contribution >= 4 is 0 Å². The van der Waals surface area contributed by atoms with Crippen molar-refractivity contribution in [2.45, 2.75) is 50.6 Å². The van der Waals surface area contributed by atoms with Crippen LogP contribution in [0, 0.1) is 5.82 Å². The van der Waals surface area contributed by atoms with Gasteiger partial charge < -0.3 is 10.4 Å². The minimum atomic E-state index is -4.68. The average Bonchev–Trinajstić information content (AvgIpc) is 2.36. The molecule has 2 atom stereocenters. The summed E-state index contributed by atoms with van der Waals surface area (Å²) in [6, 6.07) is 3.12.